The van der Waals surface area contributed by atoms with Crippen molar-refractivity contribution in [1.29, 1.82) is 0 Å². The van der Waals surface area contributed by atoms with Gasteiger partial charge in [0.2, 0.25) is 0 Å². The first-order valence-electron chi connectivity index (χ1n) is 3.35. The standard InChI is InChI=1S/C7H10N4/c1-2-3-4-6(8)7-9-5-10-11-7/h5-6H,4,8H2,1H3,(H,9,10,11). The first-order valence-corrected chi connectivity index (χ1v) is 3.35. The zero-order valence-electron chi connectivity index (χ0n) is 6.33. The van der Waals surface area contributed by atoms with Crippen LogP contribution in [0.25, 0.3) is 0 Å². The molecule has 0 fully saturated rings. The molecule has 3 N–H and O–H groups in total. The van der Waals surface area contributed by atoms with E-state index in [2.05, 4.69) is 27.0 Å². The molecule has 0 amide bonds. The topological polar surface area (TPSA) is 67.6 Å². The maximum absolute atomic E-state index is 5.69. The summed E-state index contributed by atoms with van der Waals surface area (Å²) in [6.07, 6.45) is 2.06. The summed E-state index contributed by atoms with van der Waals surface area (Å²) in [7, 11) is 0. The predicted octanol–water partition coefficient (Wildman–Crippen LogP) is 0.218. The van der Waals surface area contributed by atoms with Crippen molar-refractivity contribution < 1.29 is 0 Å². The number of nitrogens with two attached hydrogens (primary N) is 1. The van der Waals surface area contributed by atoms with Gasteiger partial charge in [0, 0.05) is 6.42 Å². The monoisotopic (exact) mass is 150 g/mol. The van der Waals surface area contributed by atoms with Crippen LogP contribution in [0.2, 0.25) is 0 Å². The van der Waals surface area contributed by atoms with Gasteiger partial charge in [0.05, 0.1) is 6.04 Å². The van der Waals surface area contributed by atoms with Gasteiger partial charge in [0.15, 0.2) is 0 Å². The molecule has 0 saturated carbocycles. The summed E-state index contributed by atoms with van der Waals surface area (Å²) < 4.78 is 0. The summed E-state index contributed by atoms with van der Waals surface area (Å²) in [5.74, 6) is 6.33. The van der Waals surface area contributed by atoms with Crippen molar-refractivity contribution in [3.8, 4) is 11.8 Å². The van der Waals surface area contributed by atoms with E-state index in [-0.39, 0.29) is 6.04 Å². The third kappa shape index (κ3) is 2.06. The minimum Gasteiger partial charge on any atom is -0.321 e. The maximum atomic E-state index is 5.69. The molecule has 0 aliphatic carbocycles. The lowest BCUT2D eigenvalue weighted by atomic mass is 10.2. The molecule has 11 heavy (non-hydrogen) atoms. The molecule has 0 aliphatic heterocycles. The lowest BCUT2D eigenvalue weighted by Crippen LogP contribution is -2.11. The van der Waals surface area contributed by atoms with E-state index in [1.807, 2.05) is 0 Å². The van der Waals surface area contributed by atoms with Crippen molar-refractivity contribution in [3.05, 3.63) is 12.2 Å². The predicted molar refractivity (Wildman–Crippen MR) is 41.4 cm³/mol. The van der Waals surface area contributed by atoms with Crippen molar-refractivity contribution in [3.63, 3.8) is 0 Å². The Hall–Kier alpha value is -1.34. The molecule has 0 aliphatic rings. The molecule has 1 aromatic heterocycles. The second-order valence-corrected chi connectivity index (χ2v) is 2.11. The Labute approximate surface area is 65.2 Å². The molecule has 1 aromatic rings. The molecular formula is C7H10N4. The first kappa shape index (κ1) is 7.76. The molecular weight excluding hydrogens is 140 g/mol. The SMILES string of the molecule is CC#CCC(N)c1ncn[nH]1. The lowest BCUT2D eigenvalue weighted by Gasteiger charge is -2.00. The van der Waals surface area contributed by atoms with E-state index in [0.717, 1.165) is 0 Å². The van der Waals surface area contributed by atoms with Gasteiger partial charge in [-0.1, -0.05) is 0 Å². The van der Waals surface area contributed by atoms with Crippen LogP contribution in [0.5, 0.6) is 0 Å². The van der Waals surface area contributed by atoms with Crippen LogP contribution in [0.1, 0.15) is 25.2 Å². The van der Waals surface area contributed by atoms with Crippen LogP contribution in [0.3, 0.4) is 0 Å². The zero-order chi connectivity index (χ0) is 8.10. The Balaban J connectivity index is 2.53. The Bertz CT molecular complexity index is 254. The molecule has 0 saturated heterocycles. The summed E-state index contributed by atoms with van der Waals surface area (Å²) in [6.45, 7) is 1.78. The first-order chi connectivity index (χ1) is 5.34. The number of nitrogens with zero attached hydrogens (tertiary/aromatic N) is 2. The van der Waals surface area contributed by atoms with Gasteiger partial charge < -0.3 is 5.73 Å². The Morgan fingerprint density at radius 2 is 2.64 bits per heavy atom. The van der Waals surface area contributed by atoms with Gasteiger partial charge in [-0.2, -0.15) is 5.10 Å². The molecule has 58 valence electrons. The molecule has 0 spiro atoms. The van der Waals surface area contributed by atoms with Crippen LogP contribution in [0, 0.1) is 11.8 Å². The maximum Gasteiger partial charge on any atom is 0.142 e. The number of hydrogen-bond donors (Lipinski definition) is 2. The molecule has 4 nitrogen and oxygen atoms in total. The largest absolute Gasteiger partial charge is 0.321 e. The van der Waals surface area contributed by atoms with Crippen molar-refractivity contribution in [2.45, 2.75) is 19.4 Å². The van der Waals surface area contributed by atoms with E-state index in [9.17, 15) is 0 Å². The second-order valence-electron chi connectivity index (χ2n) is 2.11. The van der Waals surface area contributed by atoms with E-state index in [4.69, 9.17) is 5.73 Å². The highest BCUT2D eigenvalue weighted by atomic mass is 15.2. The third-order valence-corrected chi connectivity index (χ3v) is 1.28. The van der Waals surface area contributed by atoms with Crippen LogP contribution in [-0.2, 0) is 0 Å². The van der Waals surface area contributed by atoms with E-state index in [1.54, 1.807) is 6.92 Å². The van der Waals surface area contributed by atoms with Crippen molar-refractivity contribution in [2.24, 2.45) is 5.73 Å². The normalized spacial score (nSPS) is 11.8. The fourth-order valence-corrected chi connectivity index (χ4v) is 0.702. The Morgan fingerprint density at radius 1 is 1.82 bits per heavy atom. The highest BCUT2D eigenvalue weighted by Crippen LogP contribution is 2.04. The average molecular weight is 150 g/mol. The number of rotatable bonds is 2. The third-order valence-electron chi connectivity index (χ3n) is 1.28. The molecule has 1 unspecified atom stereocenters. The molecule has 0 radical (unpaired) electrons. The van der Waals surface area contributed by atoms with E-state index >= 15 is 0 Å². The van der Waals surface area contributed by atoms with Gasteiger partial charge in [-0.05, 0) is 6.92 Å². The molecule has 0 bridgehead atoms. The summed E-state index contributed by atoms with van der Waals surface area (Å²) in [6, 6.07) is -0.148. The van der Waals surface area contributed by atoms with Gasteiger partial charge in [0.1, 0.15) is 12.2 Å². The smallest absolute Gasteiger partial charge is 0.142 e. The van der Waals surface area contributed by atoms with Crippen LogP contribution < -0.4 is 5.73 Å². The highest BCUT2D eigenvalue weighted by Gasteiger charge is 2.05. The van der Waals surface area contributed by atoms with Crippen LogP contribution in [-0.4, -0.2) is 15.2 Å². The molecule has 1 heterocycles. The van der Waals surface area contributed by atoms with Crippen LogP contribution in [0.15, 0.2) is 6.33 Å². The van der Waals surface area contributed by atoms with Gasteiger partial charge in [-0.15, -0.1) is 11.8 Å². The van der Waals surface area contributed by atoms with Crippen molar-refractivity contribution in [2.75, 3.05) is 0 Å². The van der Waals surface area contributed by atoms with Gasteiger partial charge >= 0.3 is 0 Å². The Kier molecular flexibility index (Phi) is 2.64. The van der Waals surface area contributed by atoms with E-state index < -0.39 is 0 Å². The summed E-state index contributed by atoms with van der Waals surface area (Å²) >= 11 is 0. The van der Waals surface area contributed by atoms with Crippen LogP contribution >= 0.6 is 0 Å². The molecule has 0 aromatic carbocycles. The number of H-pyrrole nitrogens is 1. The van der Waals surface area contributed by atoms with E-state index in [1.165, 1.54) is 6.33 Å². The number of hydrogen-bond acceptors (Lipinski definition) is 3. The quantitative estimate of drug-likeness (QED) is 0.592. The van der Waals surface area contributed by atoms with Crippen molar-refractivity contribution in [1.82, 2.24) is 15.2 Å². The zero-order valence-corrected chi connectivity index (χ0v) is 6.33. The second kappa shape index (κ2) is 3.74. The Morgan fingerprint density at radius 3 is 3.18 bits per heavy atom. The van der Waals surface area contributed by atoms with E-state index in [0.29, 0.717) is 12.2 Å². The minimum atomic E-state index is -0.148. The molecule has 4 heteroatoms. The summed E-state index contributed by atoms with van der Waals surface area (Å²) in [4.78, 5) is 3.91. The summed E-state index contributed by atoms with van der Waals surface area (Å²) in [5.41, 5.74) is 5.69. The number of nitrogens with one attached hydrogen (secondary N) is 1. The number of aromatic amines is 1. The lowest BCUT2D eigenvalue weighted by molar-refractivity contribution is 0.696. The van der Waals surface area contributed by atoms with Gasteiger partial charge in [0.25, 0.3) is 0 Å². The minimum absolute atomic E-state index is 0.148. The van der Waals surface area contributed by atoms with Crippen molar-refractivity contribution >= 4 is 0 Å². The fraction of sp³-hybridized carbons (Fsp3) is 0.429. The molecule has 1 atom stereocenters. The summed E-state index contributed by atoms with van der Waals surface area (Å²) in [5, 5.41) is 6.38. The average Bonchev–Trinajstić information content (AvgIpc) is 2.52. The molecule has 1 rings (SSSR count). The fourth-order valence-electron chi connectivity index (χ4n) is 0.702. The highest BCUT2D eigenvalue weighted by molar-refractivity contribution is 5.02. The number of aromatic nitrogens is 3. The van der Waals surface area contributed by atoms with Gasteiger partial charge in [-0.3, -0.25) is 5.10 Å². The van der Waals surface area contributed by atoms with Gasteiger partial charge in [-0.25, -0.2) is 4.98 Å². The van der Waals surface area contributed by atoms with Crippen LogP contribution in [0.4, 0.5) is 0 Å².